The van der Waals surface area contributed by atoms with Crippen LogP contribution in [0.2, 0.25) is 0 Å². The molecule has 0 atom stereocenters. The molecular formula is C44H26N4O. The molecule has 0 spiro atoms. The van der Waals surface area contributed by atoms with Gasteiger partial charge in [0.1, 0.15) is 11.2 Å². The van der Waals surface area contributed by atoms with E-state index in [9.17, 15) is 0 Å². The van der Waals surface area contributed by atoms with Gasteiger partial charge < -0.3 is 4.42 Å². The summed E-state index contributed by atoms with van der Waals surface area (Å²) in [5.41, 5.74) is 6.69. The number of fused-ring (bicyclic) bond motifs is 8. The smallest absolute Gasteiger partial charge is 0.164 e. The summed E-state index contributed by atoms with van der Waals surface area (Å²) in [5.74, 6) is 1.85. The first-order valence-electron chi connectivity index (χ1n) is 16.3. The van der Waals surface area contributed by atoms with E-state index in [1.54, 1.807) is 0 Å². The molecule has 0 fully saturated rings. The molecule has 0 aliphatic heterocycles. The molecule has 10 rings (SSSR count). The number of para-hydroxylation sites is 1. The highest BCUT2D eigenvalue weighted by Crippen LogP contribution is 2.40. The average Bonchev–Trinajstić information content (AvgIpc) is 3.57. The molecule has 0 saturated carbocycles. The normalized spacial score (nSPS) is 11.7. The predicted molar refractivity (Wildman–Crippen MR) is 199 cm³/mol. The molecule has 5 heteroatoms. The number of rotatable bonds is 4. The summed E-state index contributed by atoms with van der Waals surface area (Å²) in [4.78, 5) is 19.9. The maximum Gasteiger partial charge on any atom is 0.164 e. The fraction of sp³-hybridized carbons (Fsp3) is 0. The van der Waals surface area contributed by atoms with Crippen molar-refractivity contribution in [2.24, 2.45) is 0 Å². The zero-order valence-electron chi connectivity index (χ0n) is 26.2. The van der Waals surface area contributed by atoms with E-state index < -0.39 is 0 Å². The monoisotopic (exact) mass is 626 g/mol. The Morgan fingerprint density at radius 1 is 0.388 bits per heavy atom. The number of furan rings is 1. The van der Waals surface area contributed by atoms with Crippen LogP contribution in [0.1, 0.15) is 0 Å². The Morgan fingerprint density at radius 2 is 1.10 bits per heavy atom. The number of benzene rings is 7. The van der Waals surface area contributed by atoms with Crippen molar-refractivity contribution >= 4 is 54.3 Å². The zero-order valence-corrected chi connectivity index (χ0v) is 26.2. The molecule has 0 unspecified atom stereocenters. The fourth-order valence-electron chi connectivity index (χ4n) is 7.14. The van der Waals surface area contributed by atoms with E-state index in [1.165, 1.54) is 5.39 Å². The second kappa shape index (κ2) is 10.9. The molecule has 5 nitrogen and oxygen atoms in total. The van der Waals surface area contributed by atoms with Gasteiger partial charge in [-0.2, -0.15) is 0 Å². The number of aromatic nitrogens is 4. The van der Waals surface area contributed by atoms with Gasteiger partial charge in [-0.05, 0) is 63.0 Å². The van der Waals surface area contributed by atoms with Gasteiger partial charge in [0.25, 0.3) is 0 Å². The Morgan fingerprint density at radius 3 is 2.02 bits per heavy atom. The van der Waals surface area contributed by atoms with E-state index in [-0.39, 0.29) is 0 Å². The molecule has 0 aliphatic rings. The minimum Gasteiger partial charge on any atom is -0.456 e. The lowest BCUT2D eigenvalue weighted by Gasteiger charge is -2.14. The molecule has 3 aromatic heterocycles. The van der Waals surface area contributed by atoms with Crippen LogP contribution in [0.25, 0.3) is 99.5 Å². The predicted octanol–water partition coefficient (Wildman–Crippen LogP) is 11.3. The Kier molecular flexibility index (Phi) is 6.11. The quantitative estimate of drug-likeness (QED) is 0.182. The lowest BCUT2D eigenvalue weighted by atomic mass is 9.93. The molecule has 0 saturated heterocycles. The van der Waals surface area contributed by atoms with Crippen molar-refractivity contribution in [3.05, 3.63) is 158 Å². The van der Waals surface area contributed by atoms with Gasteiger partial charge in [-0.15, -0.1) is 0 Å². The van der Waals surface area contributed by atoms with Crippen LogP contribution in [0.3, 0.4) is 0 Å². The Labute approximate surface area is 281 Å². The van der Waals surface area contributed by atoms with Crippen LogP contribution in [0.15, 0.2) is 162 Å². The summed E-state index contributed by atoms with van der Waals surface area (Å²) in [5, 5.41) is 8.94. The van der Waals surface area contributed by atoms with Gasteiger partial charge in [-0.1, -0.05) is 115 Å². The third-order valence-electron chi connectivity index (χ3n) is 9.38. The van der Waals surface area contributed by atoms with Gasteiger partial charge in [0, 0.05) is 50.6 Å². The minimum absolute atomic E-state index is 0.609. The second-order valence-corrected chi connectivity index (χ2v) is 12.3. The molecule has 0 bridgehead atoms. The fourth-order valence-corrected chi connectivity index (χ4v) is 7.14. The molecule has 7 aromatic carbocycles. The molecule has 49 heavy (non-hydrogen) atoms. The number of nitrogens with zero attached hydrogens (tertiary/aromatic N) is 4. The number of hydrogen-bond acceptors (Lipinski definition) is 5. The molecular weight excluding hydrogens is 601 g/mol. The van der Waals surface area contributed by atoms with Crippen LogP contribution in [0.4, 0.5) is 0 Å². The van der Waals surface area contributed by atoms with Gasteiger partial charge in [0.2, 0.25) is 0 Å². The minimum atomic E-state index is 0.609. The van der Waals surface area contributed by atoms with Crippen molar-refractivity contribution in [3.63, 3.8) is 0 Å². The Bertz CT molecular complexity index is 2890. The SMILES string of the molecule is c1ccc(-c2nc(-c3cccc(-c4cccc5oc6ccccc6c45)c3)nc(-c3cc4ccccc4c4ccc5cnccc5c34)n2)cc1. The summed E-state index contributed by atoms with van der Waals surface area (Å²) < 4.78 is 6.22. The van der Waals surface area contributed by atoms with E-state index in [0.29, 0.717) is 17.5 Å². The molecule has 3 heterocycles. The summed E-state index contributed by atoms with van der Waals surface area (Å²) in [6.45, 7) is 0. The van der Waals surface area contributed by atoms with Gasteiger partial charge in [-0.3, -0.25) is 4.98 Å². The zero-order chi connectivity index (χ0) is 32.3. The van der Waals surface area contributed by atoms with Gasteiger partial charge in [0.05, 0.1) is 0 Å². The third kappa shape index (κ3) is 4.48. The topological polar surface area (TPSA) is 64.7 Å². The molecule has 0 aliphatic carbocycles. The van der Waals surface area contributed by atoms with Crippen LogP contribution in [-0.4, -0.2) is 19.9 Å². The summed E-state index contributed by atoms with van der Waals surface area (Å²) in [6.07, 6.45) is 3.77. The summed E-state index contributed by atoms with van der Waals surface area (Å²) in [7, 11) is 0. The molecule has 0 amide bonds. The molecule has 228 valence electrons. The number of pyridine rings is 1. The van der Waals surface area contributed by atoms with Crippen LogP contribution >= 0.6 is 0 Å². The van der Waals surface area contributed by atoms with E-state index in [2.05, 4.69) is 96.0 Å². The van der Waals surface area contributed by atoms with Crippen molar-refractivity contribution in [1.82, 2.24) is 19.9 Å². The van der Waals surface area contributed by atoms with Crippen molar-refractivity contribution in [1.29, 1.82) is 0 Å². The van der Waals surface area contributed by atoms with Crippen molar-refractivity contribution < 1.29 is 4.42 Å². The van der Waals surface area contributed by atoms with Crippen LogP contribution in [0.5, 0.6) is 0 Å². The molecule has 10 aromatic rings. The van der Waals surface area contributed by atoms with E-state index in [0.717, 1.165) is 76.7 Å². The largest absolute Gasteiger partial charge is 0.456 e. The first-order valence-corrected chi connectivity index (χ1v) is 16.3. The standard InChI is InChI=1S/C44H26N4O/c1-2-10-27(11-3-1)42-46-43(30-14-8-13-28(24-30)33-17-9-19-39-41(33)36-16-6-7-18-38(36)49-39)48-44(47-42)37-25-29-12-4-5-15-32(29)35-21-20-31-26-45-23-22-34(31)40(35)37/h1-26H. The second-order valence-electron chi connectivity index (χ2n) is 12.3. The Balaban J connectivity index is 1.24. The first-order chi connectivity index (χ1) is 24.3. The average molecular weight is 627 g/mol. The highest BCUT2D eigenvalue weighted by atomic mass is 16.3. The van der Waals surface area contributed by atoms with Crippen LogP contribution < -0.4 is 0 Å². The highest BCUT2D eigenvalue weighted by Gasteiger charge is 2.19. The number of hydrogen-bond donors (Lipinski definition) is 0. The first kappa shape index (κ1) is 27.4. The summed E-state index contributed by atoms with van der Waals surface area (Å²) in [6, 6.07) is 50.1. The highest BCUT2D eigenvalue weighted by molar-refractivity contribution is 6.22. The lowest BCUT2D eigenvalue weighted by Crippen LogP contribution is -2.01. The molecule has 0 N–H and O–H groups in total. The van der Waals surface area contributed by atoms with E-state index in [4.69, 9.17) is 19.4 Å². The van der Waals surface area contributed by atoms with Gasteiger partial charge in [0.15, 0.2) is 17.5 Å². The van der Waals surface area contributed by atoms with Crippen molar-refractivity contribution in [3.8, 4) is 45.3 Å². The lowest BCUT2D eigenvalue weighted by molar-refractivity contribution is 0.669. The maximum atomic E-state index is 6.22. The van der Waals surface area contributed by atoms with Crippen molar-refractivity contribution in [2.45, 2.75) is 0 Å². The van der Waals surface area contributed by atoms with E-state index >= 15 is 0 Å². The summed E-state index contributed by atoms with van der Waals surface area (Å²) >= 11 is 0. The van der Waals surface area contributed by atoms with Crippen LogP contribution in [-0.2, 0) is 0 Å². The van der Waals surface area contributed by atoms with Crippen LogP contribution in [0, 0.1) is 0 Å². The van der Waals surface area contributed by atoms with E-state index in [1.807, 2.05) is 67.0 Å². The van der Waals surface area contributed by atoms with Gasteiger partial charge >= 0.3 is 0 Å². The third-order valence-corrected chi connectivity index (χ3v) is 9.38. The Hall–Kier alpha value is -6.72. The van der Waals surface area contributed by atoms with Gasteiger partial charge in [-0.25, -0.2) is 15.0 Å². The maximum absolute atomic E-state index is 6.22. The van der Waals surface area contributed by atoms with Crippen molar-refractivity contribution in [2.75, 3.05) is 0 Å². The molecule has 0 radical (unpaired) electrons.